The molecule has 9 heteroatoms. The Hall–Kier alpha value is -1.19. The Morgan fingerprint density at radius 1 is 1.23 bits per heavy atom. The van der Waals surface area contributed by atoms with Crippen LogP contribution in [0.5, 0.6) is 0 Å². The van der Waals surface area contributed by atoms with Gasteiger partial charge in [-0.3, -0.25) is 9.69 Å². The van der Waals surface area contributed by atoms with Gasteiger partial charge in [-0.15, -0.1) is 22.6 Å². The zero-order chi connectivity index (χ0) is 17.3. The van der Waals surface area contributed by atoms with Crippen LogP contribution >= 0.6 is 35.5 Å². The van der Waals surface area contributed by atoms with E-state index in [-0.39, 0.29) is 18.3 Å². The van der Waals surface area contributed by atoms with Crippen LogP contribution in [0.4, 0.5) is 5.13 Å². The molecule has 1 fully saturated rings. The van der Waals surface area contributed by atoms with Crippen molar-refractivity contribution in [2.24, 2.45) is 0 Å². The van der Waals surface area contributed by atoms with E-state index in [0.29, 0.717) is 11.6 Å². The maximum absolute atomic E-state index is 12.0. The normalized spacial score (nSPS) is 14.6. The Morgan fingerprint density at radius 3 is 2.77 bits per heavy atom. The lowest BCUT2D eigenvalue weighted by Gasteiger charge is -2.25. The van der Waals surface area contributed by atoms with Gasteiger partial charge in [0.25, 0.3) is 0 Å². The number of amides is 1. The monoisotopic (exact) mass is 414 g/mol. The van der Waals surface area contributed by atoms with Crippen molar-refractivity contribution >= 4 is 46.5 Å². The zero-order valence-electron chi connectivity index (χ0n) is 14.4. The number of thioether (sulfide) groups is 1. The van der Waals surface area contributed by atoms with Crippen LogP contribution in [0.25, 0.3) is 0 Å². The molecular weight excluding hydrogens is 392 g/mol. The third-order valence-electron chi connectivity index (χ3n) is 3.87. The first-order valence-corrected chi connectivity index (χ1v) is 10.2. The molecule has 0 bridgehead atoms. The lowest BCUT2D eigenvalue weighted by atomic mass is 10.1. The van der Waals surface area contributed by atoms with Crippen molar-refractivity contribution in [2.75, 3.05) is 43.9 Å². The first-order chi connectivity index (χ1) is 12.3. The summed E-state index contributed by atoms with van der Waals surface area (Å²) >= 11 is 3.12. The summed E-state index contributed by atoms with van der Waals surface area (Å²) in [4.78, 5) is 14.4. The number of halogens is 1. The summed E-state index contributed by atoms with van der Waals surface area (Å²) in [5.74, 6) is 0.946. The van der Waals surface area contributed by atoms with Crippen LogP contribution in [0, 0.1) is 0 Å². The van der Waals surface area contributed by atoms with Crippen molar-refractivity contribution < 1.29 is 9.53 Å². The molecule has 2 heterocycles. The lowest BCUT2D eigenvalue weighted by molar-refractivity contribution is -0.116. The van der Waals surface area contributed by atoms with Crippen LogP contribution < -0.4 is 5.32 Å². The third kappa shape index (κ3) is 7.20. The lowest BCUT2D eigenvalue weighted by Crippen LogP contribution is -2.37. The summed E-state index contributed by atoms with van der Waals surface area (Å²) in [7, 11) is 0. The van der Waals surface area contributed by atoms with Gasteiger partial charge in [-0.2, -0.15) is 0 Å². The number of aromatic nitrogens is 2. The maximum Gasteiger partial charge on any atom is 0.226 e. The van der Waals surface area contributed by atoms with E-state index in [1.54, 1.807) is 11.8 Å². The molecule has 1 aromatic carbocycles. The number of ether oxygens (including phenoxy) is 1. The summed E-state index contributed by atoms with van der Waals surface area (Å²) in [6.07, 6.45) is 1.18. The van der Waals surface area contributed by atoms with E-state index in [1.165, 1.54) is 11.3 Å². The molecule has 3 rings (SSSR count). The van der Waals surface area contributed by atoms with Gasteiger partial charge in [0.05, 0.1) is 13.2 Å². The number of benzene rings is 1. The summed E-state index contributed by atoms with van der Waals surface area (Å²) in [5.41, 5.74) is 1.16. The zero-order valence-corrected chi connectivity index (χ0v) is 16.9. The summed E-state index contributed by atoms with van der Waals surface area (Å²) < 4.78 is 6.24. The second-order valence-corrected chi connectivity index (χ2v) is 8.03. The molecule has 0 saturated carbocycles. The topological polar surface area (TPSA) is 67.4 Å². The Labute approximate surface area is 168 Å². The highest BCUT2D eigenvalue weighted by molar-refractivity contribution is 8.01. The number of rotatable bonds is 8. The first-order valence-electron chi connectivity index (χ1n) is 8.40. The van der Waals surface area contributed by atoms with E-state index in [2.05, 4.69) is 20.4 Å². The Kier molecular flexibility index (Phi) is 9.35. The average molecular weight is 415 g/mol. The van der Waals surface area contributed by atoms with Crippen molar-refractivity contribution in [3.63, 3.8) is 0 Å². The van der Waals surface area contributed by atoms with Crippen LogP contribution in [0.3, 0.4) is 0 Å². The van der Waals surface area contributed by atoms with Gasteiger partial charge in [0.15, 0.2) is 4.34 Å². The molecule has 0 unspecified atom stereocenters. The van der Waals surface area contributed by atoms with Gasteiger partial charge in [-0.05, 0) is 12.0 Å². The molecule has 1 aromatic heterocycles. The minimum Gasteiger partial charge on any atom is -0.379 e. The van der Waals surface area contributed by atoms with Gasteiger partial charge < -0.3 is 10.1 Å². The molecule has 1 amide bonds. The Balaban J connectivity index is 0.00000243. The highest BCUT2D eigenvalue weighted by atomic mass is 35.5. The molecule has 1 aliphatic heterocycles. The first kappa shape index (κ1) is 21.1. The second kappa shape index (κ2) is 11.5. The third-order valence-corrected chi connectivity index (χ3v) is 5.83. The van der Waals surface area contributed by atoms with Crippen molar-refractivity contribution in [3.05, 3.63) is 35.9 Å². The Bertz CT molecular complexity index is 666. The number of nitrogens with zero attached hydrogens (tertiary/aromatic N) is 3. The molecule has 2 aromatic rings. The van der Waals surface area contributed by atoms with Crippen molar-refractivity contribution in [1.82, 2.24) is 15.1 Å². The second-order valence-electron chi connectivity index (χ2n) is 5.71. The van der Waals surface area contributed by atoms with Crippen LogP contribution in [0.2, 0.25) is 0 Å². The summed E-state index contributed by atoms with van der Waals surface area (Å²) in [6, 6.07) is 10.0. The fraction of sp³-hybridized carbons (Fsp3) is 0.471. The molecule has 1 N–H and O–H groups in total. The maximum atomic E-state index is 12.0. The quantitative estimate of drug-likeness (QED) is 0.529. The number of anilines is 1. The standard InChI is InChI=1S/C17H22N4O2S2.ClH/c22-15(7-6-14-4-2-1-3-5-14)18-16-19-20-17(25-16)24-13-10-21-8-11-23-12-9-21;/h1-5H,6-13H2,(H,18,19,22);1H. The van der Waals surface area contributed by atoms with Crippen LogP contribution in [-0.2, 0) is 16.0 Å². The fourth-order valence-corrected chi connectivity index (χ4v) is 4.33. The Morgan fingerprint density at radius 2 is 2.00 bits per heavy atom. The molecule has 1 aliphatic rings. The predicted molar refractivity (Wildman–Crippen MR) is 109 cm³/mol. The predicted octanol–water partition coefficient (Wildman–Crippen LogP) is 2.96. The molecule has 1 saturated heterocycles. The summed E-state index contributed by atoms with van der Waals surface area (Å²) in [6.45, 7) is 4.66. The fourth-order valence-electron chi connectivity index (χ4n) is 2.49. The van der Waals surface area contributed by atoms with E-state index in [4.69, 9.17) is 4.74 Å². The molecule has 142 valence electrons. The number of carbonyl (C=O) groups is 1. The highest BCUT2D eigenvalue weighted by Gasteiger charge is 2.12. The van der Waals surface area contributed by atoms with Gasteiger partial charge >= 0.3 is 0 Å². The number of aryl methyl sites for hydroxylation is 1. The number of nitrogens with one attached hydrogen (secondary N) is 1. The average Bonchev–Trinajstić information content (AvgIpc) is 3.09. The number of carbonyl (C=O) groups excluding carboxylic acids is 1. The smallest absolute Gasteiger partial charge is 0.226 e. The molecule has 26 heavy (non-hydrogen) atoms. The number of hydrogen-bond acceptors (Lipinski definition) is 7. The molecule has 6 nitrogen and oxygen atoms in total. The van der Waals surface area contributed by atoms with Crippen molar-refractivity contribution in [1.29, 1.82) is 0 Å². The van der Waals surface area contributed by atoms with Gasteiger partial charge in [-0.1, -0.05) is 53.4 Å². The van der Waals surface area contributed by atoms with E-state index in [1.807, 2.05) is 30.3 Å². The molecule has 0 atom stereocenters. The molecular formula is C17H23ClN4O2S2. The number of morpholine rings is 1. The van der Waals surface area contributed by atoms with Crippen LogP contribution in [0.15, 0.2) is 34.7 Å². The van der Waals surface area contributed by atoms with Gasteiger partial charge in [0.2, 0.25) is 11.0 Å². The minimum atomic E-state index is -0.0233. The highest BCUT2D eigenvalue weighted by Crippen LogP contribution is 2.25. The molecule has 0 aliphatic carbocycles. The van der Waals surface area contributed by atoms with Gasteiger partial charge in [0, 0.05) is 31.8 Å². The largest absolute Gasteiger partial charge is 0.379 e. The molecule has 0 radical (unpaired) electrons. The van der Waals surface area contributed by atoms with E-state index in [0.717, 1.165) is 54.9 Å². The summed E-state index contributed by atoms with van der Waals surface area (Å²) in [5, 5.41) is 11.6. The van der Waals surface area contributed by atoms with Crippen molar-refractivity contribution in [3.8, 4) is 0 Å². The van der Waals surface area contributed by atoms with E-state index < -0.39 is 0 Å². The van der Waals surface area contributed by atoms with Gasteiger partial charge in [0.1, 0.15) is 0 Å². The SMILES string of the molecule is Cl.O=C(CCc1ccccc1)Nc1nnc(SCCN2CCOCC2)s1. The van der Waals surface area contributed by atoms with Gasteiger partial charge in [-0.25, -0.2) is 0 Å². The number of hydrogen-bond donors (Lipinski definition) is 1. The van der Waals surface area contributed by atoms with Crippen LogP contribution in [-0.4, -0.2) is 59.6 Å². The minimum absolute atomic E-state index is 0. The van der Waals surface area contributed by atoms with Crippen molar-refractivity contribution in [2.45, 2.75) is 17.2 Å². The molecule has 0 spiro atoms. The van der Waals surface area contributed by atoms with E-state index >= 15 is 0 Å². The van der Waals surface area contributed by atoms with Crippen LogP contribution in [0.1, 0.15) is 12.0 Å². The van der Waals surface area contributed by atoms with E-state index in [9.17, 15) is 4.79 Å².